The number of rotatable bonds is 11. The van der Waals surface area contributed by atoms with Crippen LogP contribution in [0, 0.1) is 13.8 Å². The van der Waals surface area contributed by atoms with Crippen molar-refractivity contribution in [2.45, 2.75) is 67.9 Å². The van der Waals surface area contributed by atoms with E-state index in [0.29, 0.717) is 5.92 Å². The van der Waals surface area contributed by atoms with Gasteiger partial charge in [0.1, 0.15) is 5.75 Å². The lowest BCUT2D eigenvalue weighted by molar-refractivity contribution is 0.265. The molecule has 0 fully saturated rings. The molecule has 3 aromatic rings. The van der Waals surface area contributed by atoms with Gasteiger partial charge in [-0.25, -0.2) is 0 Å². The van der Waals surface area contributed by atoms with Crippen molar-refractivity contribution in [1.29, 1.82) is 0 Å². The first-order valence-electron chi connectivity index (χ1n) is 14.7. The van der Waals surface area contributed by atoms with Gasteiger partial charge in [-0.05, 0) is 90.5 Å². The number of benzene rings is 3. The van der Waals surface area contributed by atoms with E-state index in [4.69, 9.17) is 4.74 Å². The Hall–Kier alpha value is -3.49. The second kappa shape index (κ2) is 12.6. The highest BCUT2D eigenvalue weighted by Crippen LogP contribution is 2.45. The number of hydrogen-bond acceptors (Lipinski definition) is 2. The normalized spacial score (nSPS) is 18.0. The second-order valence-electron chi connectivity index (χ2n) is 11.7. The first-order valence-corrected chi connectivity index (χ1v) is 15.6. The van der Waals surface area contributed by atoms with E-state index in [-0.39, 0.29) is 10.7 Å². The molecule has 3 unspecified atom stereocenters. The molecule has 210 valence electrons. The summed E-state index contributed by atoms with van der Waals surface area (Å²) < 4.78 is 6.07. The van der Waals surface area contributed by atoms with Crippen LogP contribution in [0.25, 0.3) is 0 Å². The second-order valence-corrected chi connectivity index (χ2v) is 12.9. The van der Waals surface area contributed by atoms with Gasteiger partial charge in [-0.1, -0.05) is 117 Å². The van der Waals surface area contributed by atoms with Crippen LogP contribution in [0.1, 0.15) is 59.9 Å². The Labute approximate surface area is 251 Å². The molecule has 1 heterocycles. The SMILES string of the molecule is C=CC(=C)C(Sc1ccccc1C)C(=C)CC(C)(C1=CCC=C1)c1cccc(CC2CCOc3c(C)cccc32)c1. The van der Waals surface area contributed by atoms with Gasteiger partial charge in [0.05, 0.1) is 11.9 Å². The minimum absolute atomic E-state index is 0.0593. The van der Waals surface area contributed by atoms with Crippen LogP contribution in [0.2, 0.25) is 0 Å². The first-order chi connectivity index (χ1) is 19.8. The third kappa shape index (κ3) is 6.23. The monoisotopic (exact) mass is 558 g/mol. The summed E-state index contributed by atoms with van der Waals surface area (Å²) in [5.41, 5.74) is 9.91. The van der Waals surface area contributed by atoms with Crippen LogP contribution in [-0.2, 0) is 11.8 Å². The van der Waals surface area contributed by atoms with Gasteiger partial charge in [-0.3, -0.25) is 0 Å². The fourth-order valence-electron chi connectivity index (χ4n) is 6.32. The number of thioether (sulfide) groups is 1. The molecule has 1 aliphatic carbocycles. The number of ether oxygens (including phenoxy) is 1. The quantitative estimate of drug-likeness (QED) is 0.131. The molecule has 1 nitrogen and oxygen atoms in total. The zero-order valence-corrected chi connectivity index (χ0v) is 25.6. The molecule has 41 heavy (non-hydrogen) atoms. The van der Waals surface area contributed by atoms with Crippen molar-refractivity contribution in [2.75, 3.05) is 6.61 Å². The molecule has 0 saturated heterocycles. The van der Waals surface area contributed by atoms with Crippen LogP contribution >= 0.6 is 11.8 Å². The molecule has 3 aromatic carbocycles. The summed E-state index contributed by atoms with van der Waals surface area (Å²) in [6.07, 6.45) is 12.7. The topological polar surface area (TPSA) is 9.23 Å². The maximum Gasteiger partial charge on any atom is 0.125 e. The van der Waals surface area contributed by atoms with Crippen molar-refractivity contribution in [3.05, 3.63) is 155 Å². The molecule has 2 aliphatic rings. The molecule has 1 aliphatic heterocycles. The molecule has 0 saturated carbocycles. The Kier molecular flexibility index (Phi) is 8.90. The summed E-state index contributed by atoms with van der Waals surface area (Å²) >= 11 is 1.84. The smallest absolute Gasteiger partial charge is 0.125 e. The zero-order chi connectivity index (χ0) is 29.0. The largest absolute Gasteiger partial charge is 0.493 e. The van der Waals surface area contributed by atoms with E-state index in [1.54, 1.807) is 0 Å². The van der Waals surface area contributed by atoms with Gasteiger partial charge in [0.25, 0.3) is 0 Å². The number of para-hydroxylation sites is 1. The molecule has 0 N–H and O–H groups in total. The molecule has 0 radical (unpaired) electrons. The molecule has 2 heteroatoms. The van der Waals surface area contributed by atoms with E-state index >= 15 is 0 Å². The number of aryl methyl sites for hydroxylation is 2. The van der Waals surface area contributed by atoms with Crippen molar-refractivity contribution in [3.8, 4) is 5.75 Å². The van der Waals surface area contributed by atoms with E-state index < -0.39 is 0 Å². The number of hydrogen-bond donors (Lipinski definition) is 0. The van der Waals surface area contributed by atoms with Crippen LogP contribution in [-0.4, -0.2) is 11.9 Å². The van der Waals surface area contributed by atoms with Crippen molar-refractivity contribution in [3.63, 3.8) is 0 Å². The molecule has 3 atom stereocenters. The summed E-state index contributed by atoms with van der Waals surface area (Å²) in [4.78, 5) is 1.26. The average Bonchev–Trinajstić information content (AvgIpc) is 3.53. The standard InChI is InChI=1S/C39H42OS/c1-7-27(2)38(41-36-21-11-8-14-28(36)3)30(5)26-39(6,33-17-9-10-18-33)34-19-13-16-31(25-34)24-32-22-23-40-37-29(4)15-12-20-35(32)37/h7-9,11-21,25,32,38H,1-2,5,10,22-24,26H2,3-4,6H3. The van der Waals surface area contributed by atoms with E-state index in [1.165, 1.54) is 43.9 Å². The van der Waals surface area contributed by atoms with Crippen LogP contribution in [0.3, 0.4) is 0 Å². The lowest BCUT2D eigenvalue weighted by Crippen LogP contribution is -2.27. The highest BCUT2D eigenvalue weighted by Gasteiger charge is 2.34. The van der Waals surface area contributed by atoms with Crippen LogP contribution in [0.4, 0.5) is 0 Å². The molecular formula is C39H42OS. The minimum atomic E-state index is -0.198. The Morgan fingerprint density at radius 3 is 2.59 bits per heavy atom. The van der Waals surface area contributed by atoms with Gasteiger partial charge in [0.15, 0.2) is 0 Å². The lowest BCUT2D eigenvalue weighted by Gasteiger charge is -2.35. The Bertz CT molecular complexity index is 1520. The molecular weight excluding hydrogens is 516 g/mol. The summed E-state index contributed by atoms with van der Waals surface area (Å²) in [5.74, 6) is 1.55. The van der Waals surface area contributed by atoms with Crippen molar-refractivity contribution in [2.24, 2.45) is 0 Å². The zero-order valence-electron chi connectivity index (χ0n) is 24.8. The van der Waals surface area contributed by atoms with Gasteiger partial charge in [-0.2, -0.15) is 0 Å². The molecule has 0 amide bonds. The first kappa shape index (κ1) is 29.0. The van der Waals surface area contributed by atoms with Crippen molar-refractivity contribution >= 4 is 11.8 Å². The molecule has 5 rings (SSSR count). The maximum atomic E-state index is 6.07. The summed E-state index contributed by atoms with van der Waals surface area (Å²) in [7, 11) is 0. The fourth-order valence-corrected chi connectivity index (χ4v) is 7.48. The lowest BCUT2D eigenvalue weighted by atomic mass is 9.70. The van der Waals surface area contributed by atoms with Gasteiger partial charge >= 0.3 is 0 Å². The predicted molar refractivity (Wildman–Crippen MR) is 177 cm³/mol. The third-order valence-corrected chi connectivity index (χ3v) is 10.3. The Morgan fingerprint density at radius 1 is 1.05 bits per heavy atom. The highest BCUT2D eigenvalue weighted by atomic mass is 32.2. The van der Waals surface area contributed by atoms with E-state index in [0.717, 1.165) is 43.6 Å². The molecule has 0 aromatic heterocycles. The average molecular weight is 559 g/mol. The van der Waals surface area contributed by atoms with Crippen LogP contribution in [0.15, 0.2) is 132 Å². The highest BCUT2D eigenvalue weighted by molar-refractivity contribution is 8.00. The summed E-state index contributed by atoms with van der Waals surface area (Å²) in [6.45, 7) is 20.6. The van der Waals surface area contributed by atoms with Crippen molar-refractivity contribution < 1.29 is 4.74 Å². The predicted octanol–water partition coefficient (Wildman–Crippen LogP) is 10.4. The number of fused-ring (bicyclic) bond motifs is 1. The van der Waals surface area contributed by atoms with E-state index in [9.17, 15) is 0 Å². The Balaban J connectivity index is 1.45. The minimum Gasteiger partial charge on any atom is -0.493 e. The fraction of sp³-hybridized carbons (Fsp3) is 0.282. The van der Waals surface area contributed by atoms with Gasteiger partial charge in [-0.15, -0.1) is 11.8 Å². The number of allylic oxidation sites excluding steroid dienone is 5. The van der Waals surface area contributed by atoms with Crippen molar-refractivity contribution in [1.82, 2.24) is 0 Å². The third-order valence-electron chi connectivity index (χ3n) is 8.74. The van der Waals surface area contributed by atoms with Gasteiger partial charge < -0.3 is 4.74 Å². The van der Waals surface area contributed by atoms with Gasteiger partial charge in [0.2, 0.25) is 0 Å². The maximum absolute atomic E-state index is 6.07. The van der Waals surface area contributed by atoms with E-state index in [1.807, 2.05) is 17.8 Å². The summed E-state index contributed by atoms with van der Waals surface area (Å²) in [5, 5.41) is 0.0593. The van der Waals surface area contributed by atoms with E-state index in [2.05, 4.69) is 125 Å². The summed E-state index contributed by atoms with van der Waals surface area (Å²) in [6, 6.07) is 24.4. The molecule has 0 spiro atoms. The molecule has 0 bridgehead atoms. The van der Waals surface area contributed by atoms with Gasteiger partial charge in [0, 0.05) is 10.3 Å². The van der Waals surface area contributed by atoms with Crippen LogP contribution in [0.5, 0.6) is 5.75 Å². The Morgan fingerprint density at radius 2 is 1.83 bits per heavy atom. The van der Waals surface area contributed by atoms with Crippen LogP contribution < -0.4 is 4.74 Å².